The van der Waals surface area contributed by atoms with E-state index in [4.69, 9.17) is 10.00 Å². The molecular formula is C10H13NO3. The fourth-order valence-electron chi connectivity index (χ4n) is 1.44. The average Bonchev–Trinajstić information content (AvgIpc) is 2.47. The summed E-state index contributed by atoms with van der Waals surface area (Å²) < 4.78 is 9.77. The fraction of sp³-hybridized carbons (Fsp3) is 0.600. The molecule has 0 atom stereocenters. The highest BCUT2D eigenvalue weighted by Gasteiger charge is 2.34. The third-order valence-corrected chi connectivity index (χ3v) is 2.33. The van der Waals surface area contributed by atoms with Crippen molar-refractivity contribution in [3.05, 3.63) is 11.1 Å². The molecule has 0 aliphatic carbocycles. The van der Waals surface area contributed by atoms with Crippen molar-refractivity contribution in [2.24, 2.45) is 5.41 Å². The molecule has 0 aromatic heterocycles. The summed E-state index contributed by atoms with van der Waals surface area (Å²) in [6.07, 6.45) is 0. The van der Waals surface area contributed by atoms with Crippen molar-refractivity contribution < 1.29 is 14.3 Å². The van der Waals surface area contributed by atoms with Gasteiger partial charge in [0.15, 0.2) is 0 Å². The van der Waals surface area contributed by atoms with Crippen LogP contribution in [0.3, 0.4) is 0 Å². The molecule has 0 N–H and O–H groups in total. The molecule has 0 bridgehead atoms. The normalized spacial score (nSPS) is 22.7. The van der Waals surface area contributed by atoms with Crippen LogP contribution >= 0.6 is 0 Å². The standard InChI is InChI=1S/C10H13NO3/c1-10(2)6-14-5-8(10)7(4-11)9(12)13-3/h5-6H2,1-3H3/b8-7-. The first kappa shape index (κ1) is 10.7. The van der Waals surface area contributed by atoms with Crippen LogP contribution < -0.4 is 0 Å². The van der Waals surface area contributed by atoms with Crippen LogP contribution in [-0.4, -0.2) is 26.3 Å². The Hall–Kier alpha value is -1.34. The second-order valence-electron chi connectivity index (χ2n) is 3.83. The van der Waals surface area contributed by atoms with E-state index < -0.39 is 5.97 Å². The molecular weight excluding hydrogens is 182 g/mol. The maximum absolute atomic E-state index is 11.3. The van der Waals surface area contributed by atoms with Crippen LogP contribution in [0.2, 0.25) is 0 Å². The van der Waals surface area contributed by atoms with E-state index >= 15 is 0 Å². The highest BCUT2D eigenvalue weighted by molar-refractivity contribution is 5.93. The molecule has 76 valence electrons. The molecule has 1 heterocycles. The van der Waals surface area contributed by atoms with Crippen LogP contribution in [0, 0.1) is 16.7 Å². The van der Waals surface area contributed by atoms with Crippen molar-refractivity contribution in [3.63, 3.8) is 0 Å². The zero-order chi connectivity index (χ0) is 10.8. The lowest BCUT2D eigenvalue weighted by Gasteiger charge is -2.17. The van der Waals surface area contributed by atoms with Gasteiger partial charge >= 0.3 is 5.97 Å². The molecule has 0 amide bonds. The van der Waals surface area contributed by atoms with Gasteiger partial charge < -0.3 is 9.47 Å². The highest BCUT2D eigenvalue weighted by Crippen LogP contribution is 2.34. The number of ether oxygens (including phenoxy) is 2. The SMILES string of the molecule is COC(=O)/C(C#N)=C1/COCC1(C)C. The molecule has 0 spiro atoms. The van der Waals surface area contributed by atoms with Crippen molar-refractivity contribution in [2.45, 2.75) is 13.8 Å². The Kier molecular flexibility index (Phi) is 2.92. The van der Waals surface area contributed by atoms with Gasteiger partial charge in [-0.05, 0) is 5.57 Å². The van der Waals surface area contributed by atoms with Gasteiger partial charge in [-0.3, -0.25) is 0 Å². The Balaban J connectivity index is 3.13. The largest absolute Gasteiger partial charge is 0.465 e. The van der Waals surface area contributed by atoms with E-state index in [9.17, 15) is 4.79 Å². The van der Waals surface area contributed by atoms with Gasteiger partial charge in [0, 0.05) is 5.41 Å². The minimum absolute atomic E-state index is 0.0787. The van der Waals surface area contributed by atoms with Crippen LogP contribution in [0.1, 0.15) is 13.8 Å². The van der Waals surface area contributed by atoms with Gasteiger partial charge in [0.05, 0.1) is 20.3 Å². The molecule has 0 aromatic carbocycles. The predicted octanol–water partition coefficient (Wildman–Crippen LogP) is 1.04. The Morgan fingerprint density at radius 2 is 2.29 bits per heavy atom. The number of esters is 1. The summed E-state index contributed by atoms with van der Waals surface area (Å²) in [6, 6.07) is 1.88. The van der Waals surface area contributed by atoms with Crippen molar-refractivity contribution >= 4 is 5.97 Å². The van der Waals surface area contributed by atoms with Crippen LogP contribution in [0.25, 0.3) is 0 Å². The van der Waals surface area contributed by atoms with Crippen LogP contribution in [0.4, 0.5) is 0 Å². The maximum Gasteiger partial charge on any atom is 0.348 e. The number of nitriles is 1. The summed E-state index contributed by atoms with van der Waals surface area (Å²) >= 11 is 0. The molecule has 4 heteroatoms. The Morgan fingerprint density at radius 1 is 1.64 bits per heavy atom. The molecule has 14 heavy (non-hydrogen) atoms. The third-order valence-electron chi connectivity index (χ3n) is 2.33. The number of hydrogen-bond donors (Lipinski definition) is 0. The monoisotopic (exact) mass is 195 g/mol. The summed E-state index contributed by atoms with van der Waals surface area (Å²) in [4.78, 5) is 11.3. The predicted molar refractivity (Wildman–Crippen MR) is 49.3 cm³/mol. The number of methoxy groups -OCH3 is 1. The van der Waals surface area contributed by atoms with E-state index in [1.54, 1.807) is 0 Å². The number of nitrogens with zero attached hydrogens (tertiary/aromatic N) is 1. The quantitative estimate of drug-likeness (QED) is 0.356. The van der Waals surface area contributed by atoms with Crippen molar-refractivity contribution in [3.8, 4) is 6.07 Å². The minimum Gasteiger partial charge on any atom is -0.465 e. The van der Waals surface area contributed by atoms with E-state index in [2.05, 4.69) is 4.74 Å². The summed E-state index contributed by atoms with van der Waals surface area (Å²) in [5.41, 5.74) is 0.557. The lowest BCUT2D eigenvalue weighted by Crippen LogP contribution is -2.18. The van der Waals surface area contributed by atoms with Gasteiger partial charge in [0.1, 0.15) is 11.6 Å². The van der Waals surface area contributed by atoms with Gasteiger partial charge in [0.2, 0.25) is 0 Å². The molecule has 1 aliphatic heterocycles. The Bertz CT molecular complexity index is 323. The first-order valence-corrected chi connectivity index (χ1v) is 4.32. The third kappa shape index (κ3) is 1.78. The van der Waals surface area contributed by atoms with Crippen molar-refractivity contribution in [1.82, 2.24) is 0 Å². The van der Waals surface area contributed by atoms with E-state index in [1.165, 1.54) is 7.11 Å². The van der Waals surface area contributed by atoms with E-state index in [-0.39, 0.29) is 11.0 Å². The maximum atomic E-state index is 11.3. The topological polar surface area (TPSA) is 59.3 Å². The van der Waals surface area contributed by atoms with Gasteiger partial charge in [-0.25, -0.2) is 4.79 Å². The molecule has 0 aromatic rings. The van der Waals surface area contributed by atoms with Gasteiger partial charge in [-0.2, -0.15) is 5.26 Å². The zero-order valence-electron chi connectivity index (χ0n) is 8.59. The first-order valence-electron chi connectivity index (χ1n) is 4.32. The second kappa shape index (κ2) is 3.81. The lowest BCUT2D eigenvalue weighted by molar-refractivity contribution is -0.135. The number of hydrogen-bond acceptors (Lipinski definition) is 4. The number of rotatable bonds is 1. The van der Waals surface area contributed by atoms with Crippen LogP contribution in [-0.2, 0) is 14.3 Å². The molecule has 0 radical (unpaired) electrons. The smallest absolute Gasteiger partial charge is 0.348 e. The van der Waals surface area contributed by atoms with E-state index in [1.807, 2.05) is 19.9 Å². The van der Waals surface area contributed by atoms with Crippen molar-refractivity contribution in [1.29, 1.82) is 5.26 Å². The molecule has 0 saturated carbocycles. The molecule has 4 nitrogen and oxygen atoms in total. The van der Waals surface area contributed by atoms with Crippen LogP contribution in [0.15, 0.2) is 11.1 Å². The van der Waals surface area contributed by atoms with Gasteiger partial charge in [-0.1, -0.05) is 13.8 Å². The van der Waals surface area contributed by atoms with E-state index in [0.29, 0.717) is 13.2 Å². The molecule has 1 aliphatic rings. The summed E-state index contributed by atoms with van der Waals surface area (Å²) in [5, 5.41) is 8.86. The highest BCUT2D eigenvalue weighted by atomic mass is 16.5. The Morgan fingerprint density at radius 3 is 2.64 bits per heavy atom. The molecule has 0 unspecified atom stereocenters. The number of carbonyl (C=O) groups excluding carboxylic acids is 1. The molecule has 1 fully saturated rings. The molecule has 1 saturated heterocycles. The second-order valence-corrected chi connectivity index (χ2v) is 3.83. The average molecular weight is 195 g/mol. The number of carbonyl (C=O) groups is 1. The Labute approximate surface area is 83.1 Å². The van der Waals surface area contributed by atoms with E-state index in [0.717, 1.165) is 5.57 Å². The minimum atomic E-state index is -0.582. The van der Waals surface area contributed by atoms with Crippen LogP contribution in [0.5, 0.6) is 0 Å². The summed E-state index contributed by atoms with van der Waals surface area (Å²) in [5.74, 6) is -0.582. The van der Waals surface area contributed by atoms with Crippen molar-refractivity contribution in [2.75, 3.05) is 20.3 Å². The first-order chi connectivity index (χ1) is 6.53. The summed E-state index contributed by atoms with van der Waals surface area (Å²) in [7, 11) is 1.27. The van der Waals surface area contributed by atoms with Gasteiger partial charge in [-0.15, -0.1) is 0 Å². The van der Waals surface area contributed by atoms with Gasteiger partial charge in [0.25, 0.3) is 0 Å². The summed E-state index contributed by atoms with van der Waals surface area (Å²) in [6.45, 7) is 4.75. The zero-order valence-corrected chi connectivity index (χ0v) is 8.59. The fourth-order valence-corrected chi connectivity index (χ4v) is 1.44. The molecule has 1 rings (SSSR count). The lowest BCUT2D eigenvalue weighted by atomic mass is 9.84.